The number of hydrogen-bond acceptors (Lipinski definition) is 8. The Morgan fingerprint density at radius 1 is 1.45 bits per heavy atom. The van der Waals surface area contributed by atoms with Crippen molar-refractivity contribution in [1.29, 1.82) is 0 Å². The van der Waals surface area contributed by atoms with E-state index in [1.165, 1.54) is 34.4 Å². The molecule has 3 rings (SSSR count). The van der Waals surface area contributed by atoms with Crippen LogP contribution in [0, 0.1) is 0 Å². The molecule has 2 aliphatic rings. The van der Waals surface area contributed by atoms with Gasteiger partial charge in [0.15, 0.2) is 0 Å². The summed E-state index contributed by atoms with van der Waals surface area (Å²) in [4.78, 5) is 37.0. The molecule has 1 fully saturated rings. The summed E-state index contributed by atoms with van der Waals surface area (Å²) in [5.74, 6) is -3.14. The molecular weight excluding hydrogens is 455 g/mol. The van der Waals surface area contributed by atoms with Crippen molar-refractivity contribution in [2.75, 3.05) is 17.3 Å². The molecule has 15 heteroatoms. The summed E-state index contributed by atoms with van der Waals surface area (Å²) >= 11 is 2.07. The zero-order valence-corrected chi connectivity index (χ0v) is 17.1. The highest BCUT2D eigenvalue weighted by molar-refractivity contribution is 8.01. The third-order valence-electron chi connectivity index (χ3n) is 4.00. The SMILES string of the molecule is Cn1nncc1SCC1=C(C(=O)O)N2C(=O)C(NC(=O)CSC(F)(F)F)[C@H]2SC1. The highest BCUT2D eigenvalue weighted by Gasteiger charge is 2.54. The summed E-state index contributed by atoms with van der Waals surface area (Å²) in [6, 6.07) is -1.05. The van der Waals surface area contributed by atoms with E-state index in [-0.39, 0.29) is 5.70 Å². The maximum Gasteiger partial charge on any atom is 0.442 e. The van der Waals surface area contributed by atoms with E-state index in [0.717, 1.165) is 9.93 Å². The number of hydrogen-bond donors (Lipinski definition) is 2. The Kier molecular flexibility index (Phi) is 6.38. The molecule has 3 heterocycles. The summed E-state index contributed by atoms with van der Waals surface area (Å²) in [6.45, 7) is 0. The molecule has 0 spiro atoms. The number of nitrogens with one attached hydrogen (secondary N) is 1. The highest BCUT2D eigenvalue weighted by Crippen LogP contribution is 2.41. The van der Waals surface area contributed by atoms with Gasteiger partial charge in [0.05, 0.1) is 11.9 Å². The Bertz CT molecular complexity index is 875. The van der Waals surface area contributed by atoms with Crippen LogP contribution < -0.4 is 5.32 Å². The number of aromatic nitrogens is 3. The van der Waals surface area contributed by atoms with Crippen LogP contribution in [0.1, 0.15) is 0 Å². The minimum Gasteiger partial charge on any atom is -0.477 e. The first-order valence-electron chi connectivity index (χ1n) is 7.96. The molecule has 9 nitrogen and oxygen atoms in total. The topological polar surface area (TPSA) is 117 Å². The van der Waals surface area contributed by atoms with E-state index < -0.39 is 52.2 Å². The molecule has 0 aromatic carbocycles. The lowest BCUT2D eigenvalue weighted by atomic mass is 10.0. The normalized spacial score (nSPS) is 21.7. The van der Waals surface area contributed by atoms with Crippen molar-refractivity contribution in [2.45, 2.75) is 22.0 Å². The molecule has 0 radical (unpaired) electrons. The minimum absolute atomic E-state index is 0.156. The van der Waals surface area contributed by atoms with Gasteiger partial charge in [-0.3, -0.25) is 14.5 Å². The van der Waals surface area contributed by atoms with Crippen molar-refractivity contribution < 1.29 is 32.7 Å². The number of carboxylic acids is 1. The van der Waals surface area contributed by atoms with Crippen LogP contribution in [-0.4, -0.2) is 77.0 Å². The summed E-state index contributed by atoms with van der Waals surface area (Å²) in [7, 11) is 1.69. The average molecular weight is 469 g/mol. The van der Waals surface area contributed by atoms with Crippen molar-refractivity contribution in [1.82, 2.24) is 25.2 Å². The van der Waals surface area contributed by atoms with Gasteiger partial charge in [-0.2, -0.15) is 13.2 Å². The van der Waals surface area contributed by atoms with Crippen molar-refractivity contribution in [3.05, 3.63) is 17.5 Å². The van der Waals surface area contributed by atoms with Crippen molar-refractivity contribution in [3.63, 3.8) is 0 Å². The Balaban J connectivity index is 1.67. The number of carbonyl (C=O) groups is 3. The van der Waals surface area contributed by atoms with Gasteiger partial charge in [-0.1, -0.05) is 5.21 Å². The van der Waals surface area contributed by atoms with Crippen LogP contribution in [-0.2, 0) is 21.4 Å². The third-order valence-corrected chi connectivity index (χ3v) is 7.23. The first kappa shape index (κ1) is 21.8. The number of rotatable bonds is 7. The molecule has 1 saturated heterocycles. The van der Waals surface area contributed by atoms with E-state index in [1.54, 1.807) is 7.05 Å². The number of fused-ring (bicyclic) bond motifs is 1. The van der Waals surface area contributed by atoms with E-state index in [2.05, 4.69) is 15.6 Å². The van der Waals surface area contributed by atoms with Gasteiger partial charge in [-0.25, -0.2) is 9.48 Å². The molecule has 1 aromatic rings. The first-order chi connectivity index (χ1) is 13.6. The van der Waals surface area contributed by atoms with Gasteiger partial charge in [0, 0.05) is 18.6 Å². The van der Waals surface area contributed by atoms with E-state index >= 15 is 0 Å². The molecule has 158 valence electrons. The minimum atomic E-state index is -4.55. The third kappa shape index (κ3) is 4.83. The van der Waals surface area contributed by atoms with Gasteiger partial charge in [0.2, 0.25) is 5.91 Å². The van der Waals surface area contributed by atoms with Crippen LogP contribution in [0.4, 0.5) is 13.2 Å². The van der Waals surface area contributed by atoms with Crippen molar-refractivity contribution >= 4 is 53.1 Å². The summed E-state index contributed by atoms with van der Waals surface area (Å²) in [5.41, 5.74) is -4.19. The lowest BCUT2D eigenvalue weighted by Crippen LogP contribution is -2.70. The number of carboxylic acid groups (broad SMARTS) is 1. The number of alkyl halides is 3. The van der Waals surface area contributed by atoms with E-state index in [9.17, 15) is 32.7 Å². The Hall–Kier alpha value is -1.87. The van der Waals surface area contributed by atoms with Crippen LogP contribution in [0.25, 0.3) is 0 Å². The van der Waals surface area contributed by atoms with E-state index in [1.807, 2.05) is 0 Å². The molecule has 0 aliphatic carbocycles. The quantitative estimate of drug-likeness (QED) is 0.444. The van der Waals surface area contributed by atoms with Gasteiger partial charge < -0.3 is 10.4 Å². The van der Waals surface area contributed by atoms with Crippen LogP contribution in [0.2, 0.25) is 0 Å². The zero-order valence-electron chi connectivity index (χ0n) is 14.7. The Morgan fingerprint density at radius 2 is 2.17 bits per heavy atom. The molecule has 0 saturated carbocycles. The number of thioether (sulfide) groups is 3. The van der Waals surface area contributed by atoms with Gasteiger partial charge in [-0.05, 0) is 17.3 Å². The number of aliphatic carboxylic acids is 1. The number of amides is 2. The van der Waals surface area contributed by atoms with Gasteiger partial charge in [0.25, 0.3) is 5.91 Å². The fourth-order valence-corrected chi connectivity index (χ4v) is 5.49. The van der Waals surface area contributed by atoms with Gasteiger partial charge >= 0.3 is 11.5 Å². The fraction of sp³-hybridized carbons (Fsp3) is 0.500. The van der Waals surface area contributed by atoms with E-state index in [0.29, 0.717) is 17.1 Å². The predicted octanol–water partition coefficient (Wildman–Crippen LogP) is 0.899. The smallest absolute Gasteiger partial charge is 0.442 e. The maximum atomic E-state index is 12.4. The number of carbonyl (C=O) groups excluding carboxylic acids is 2. The predicted molar refractivity (Wildman–Crippen MR) is 99.9 cm³/mol. The molecule has 2 aliphatic heterocycles. The van der Waals surface area contributed by atoms with Crippen LogP contribution in [0.15, 0.2) is 22.5 Å². The fourth-order valence-electron chi connectivity index (χ4n) is 2.73. The molecule has 2 N–H and O–H groups in total. The van der Waals surface area contributed by atoms with Crippen LogP contribution in [0.3, 0.4) is 0 Å². The van der Waals surface area contributed by atoms with Gasteiger partial charge in [-0.15, -0.1) is 28.6 Å². The number of nitrogens with zero attached hydrogens (tertiary/aromatic N) is 4. The lowest BCUT2D eigenvalue weighted by molar-refractivity contribution is -0.150. The molecule has 2 amide bonds. The molecule has 1 aromatic heterocycles. The summed E-state index contributed by atoms with van der Waals surface area (Å²) in [6.07, 6.45) is 1.53. The molecule has 1 unspecified atom stereocenters. The highest BCUT2D eigenvalue weighted by atomic mass is 32.2. The second-order valence-electron chi connectivity index (χ2n) is 5.93. The molecular formula is C14H14F3N5O4S3. The Labute approximate surface area is 174 Å². The van der Waals surface area contributed by atoms with Crippen LogP contribution >= 0.6 is 35.3 Å². The second-order valence-corrected chi connectivity index (χ2v) is 9.07. The van der Waals surface area contributed by atoms with Gasteiger partial charge in [0.1, 0.15) is 22.1 Å². The zero-order chi connectivity index (χ0) is 21.3. The van der Waals surface area contributed by atoms with Crippen molar-refractivity contribution in [3.8, 4) is 0 Å². The first-order valence-corrected chi connectivity index (χ1v) is 11.0. The standard InChI is InChI=1S/C14H14F3N5O4S3/c1-21-8(2-18-20-21)27-3-6-4-28-12-9(11(24)22(12)10(6)13(25)26)19-7(23)5-29-14(15,16)17/h2,9,12H,3-5H2,1H3,(H,19,23)(H,25,26)/t9?,12-/m1/s1. The molecule has 29 heavy (non-hydrogen) atoms. The van der Waals surface area contributed by atoms with Crippen molar-refractivity contribution in [2.24, 2.45) is 7.05 Å². The Morgan fingerprint density at radius 3 is 2.76 bits per heavy atom. The molecule has 2 atom stereocenters. The number of aryl methyl sites for hydroxylation is 1. The summed E-state index contributed by atoms with van der Waals surface area (Å²) in [5, 5.41) is 19.4. The number of β-lactam (4-membered cyclic amide) rings is 1. The maximum absolute atomic E-state index is 12.4. The monoisotopic (exact) mass is 469 g/mol. The molecule has 0 bridgehead atoms. The summed E-state index contributed by atoms with van der Waals surface area (Å²) < 4.78 is 38.1. The largest absolute Gasteiger partial charge is 0.477 e. The van der Waals surface area contributed by atoms with E-state index in [4.69, 9.17) is 0 Å². The van der Waals surface area contributed by atoms with Crippen LogP contribution in [0.5, 0.6) is 0 Å². The lowest BCUT2D eigenvalue weighted by Gasteiger charge is -2.49. The number of halogens is 3. The second kappa shape index (κ2) is 8.47. The average Bonchev–Trinajstić information content (AvgIpc) is 3.06.